The molecule has 0 radical (unpaired) electrons. The molecular formula is C27H23N5O2. The summed E-state index contributed by atoms with van der Waals surface area (Å²) in [4.78, 5) is 4.68. The summed E-state index contributed by atoms with van der Waals surface area (Å²) in [5.41, 5.74) is 4.26. The van der Waals surface area contributed by atoms with Gasteiger partial charge >= 0.3 is 0 Å². The molecule has 34 heavy (non-hydrogen) atoms. The van der Waals surface area contributed by atoms with Crippen molar-refractivity contribution >= 4 is 10.9 Å². The molecule has 168 valence electrons. The molecular weight excluding hydrogens is 426 g/mol. The number of H-pyrrole nitrogens is 1. The molecule has 0 atom stereocenters. The number of para-hydroxylation sites is 1. The molecule has 1 N–H and O–H groups in total. The molecule has 7 heteroatoms. The van der Waals surface area contributed by atoms with Crippen molar-refractivity contribution < 1.29 is 9.47 Å². The fourth-order valence-electron chi connectivity index (χ4n) is 3.56. The zero-order chi connectivity index (χ0) is 23.0. The molecule has 0 saturated carbocycles. The smallest absolute Gasteiger partial charge is 0.178 e. The van der Waals surface area contributed by atoms with Crippen LogP contribution in [0.2, 0.25) is 0 Å². The van der Waals surface area contributed by atoms with Crippen molar-refractivity contribution in [2.24, 2.45) is 0 Å². The number of benzene rings is 3. The van der Waals surface area contributed by atoms with Crippen LogP contribution in [-0.2, 0) is 19.4 Å². The van der Waals surface area contributed by atoms with Crippen molar-refractivity contribution in [2.45, 2.75) is 19.4 Å². The van der Waals surface area contributed by atoms with Gasteiger partial charge in [0.1, 0.15) is 18.1 Å². The molecule has 0 unspecified atom stereocenters. The van der Waals surface area contributed by atoms with E-state index in [1.54, 1.807) is 6.26 Å². The Labute approximate surface area is 197 Å². The average Bonchev–Trinajstić information content (AvgIpc) is 3.40. The topological polar surface area (TPSA) is 85.8 Å². The monoisotopic (exact) mass is 449 g/mol. The molecule has 5 rings (SSSR count). The second-order valence-corrected chi connectivity index (χ2v) is 7.77. The van der Waals surface area contributed by atoms with E-state index in [1.807, 2.05) is 54.6 Å². The molecule has 0 aliphatic rings. The summed E-state index contributed by atoms with van der Waals surface area (Å²) in [6.45, 7) is 0.431. The number of rotatable bonds is 9. The number of hydrogen-bond donors (Lipinski definition) is 1. The number of fused-ring (bicyclic) bond motifs is 1. The highest BCUT2D eigenvalue weighted by atomic mass is 16.5. The Morgan fingerprint density at radius 3 is 2.62 bits per heavy atom. The second kappa shape index (κ2) is 10.4. The Hall–Kier alpha value is -4.52. The van der Waals surface area contributed by atoms with Gasteiger partial charge in [-0.3, -0.25) is 0 Å². The third-order valence-electron chi connectivity index (χ3n) is 5.26. The molecule has 0 spiro atoms. The van der Waals surface area contributed by atoms with Gasteiger partial charge in [0.05, 0.1) is 17.5 Å². The first-order valence-corrected chi connectivity index (χ1v) is 11.0. The van der Waals surface area contributed by atoms with E-state index in [2.05, 4.69) is 62.0 Å². The number of tetrazole rings is 1. The van der Waals surface area contributed by atoms with Crippen LogP contribution in [0, 0.1) is 0 Å². The maximum Gasteiger partial charge on any atom is 0.178 e. The molecule has 5 aromatic rings. The second-order valence-electron chi connectivity index (χ2n) is 7.77. The summed E-state index contributed by atoms with van der Waals surface area (Å²) in [7, 11) is 0. The first-order valence-electron chi connectivity index (χ1n) is 11.0. The molecule has 0 amide bonds. The van der Waals surface area contributed by atoms with E-state index in [-0.39, 0.29) is 0 Å². The maximum atomic E-state index is 6.02. The minimum Gasteiger partial charge on any atom is -0.487 e. The molecule has 0 bridgehead atoms. The fourth-order valence-corrected chi connectivity index (χ4v) is 3.56. The highest BCUT2D eigenvalue weighted by Crippen LogP contribution is 2.20. The average molecular weight is 450 g/mol. The normalized spacial score (nSPS) is 11.2. The van der Waals surface area contributed by atoms with E-state index in [0.717, 1.165) is 34.5 Å². The third kappa shape index (κ3) is 5.63. The zero-order valence-corrected chi connectivity index (χ0v) is 18.5. The lowest BCUT2D eigenvalue weighted by Crippen LogP contribution is -1.99. The number of pyridine rings is 1. The standard InChI is InChI=1S/C27H23N5O2/c1-2-8-26-22(6-1)12-13-23(28-26)19-34-25-7-3-5-21(18-25)17-20-10-14-24(15-11-20)33-16-4-9-27-29-31-32-30-27/h1-8,10-16,18H,9,17,19H2,(H,29,30,31,32)/b16-4+. The van der Waals surface area contributed by atoms with Gasteiger partial charge in [-0.15, -0.1) is 10.2 Å². The van der Waals surface area contributed by atoms with Crippen LogP contribution < -0.4 is 9.47 Å². The van der Waals surface area contributed by atoms with Crippen LogP contribution in [-0.4, -0.2) is 25.6 Å². The predicted molar refractivity (Wildman–Crippen MR) is 129 cm³/mol. The van der Waals surface area contributed by atoms with E-state index in [1.165, 1.54) is 11.1 Å². The Bertz CT molecular complexity index is 1380. The molecule has 7 nitrogen and oxygen atoms in total. The van der Waals surface area contributed by atoms with Gasteiger partial charge in [-0.1, -0.05) is 53.7 Å². The molecule has 2 heterocycles. The van der Waals surface area contributed by atoms with E-state index in [9.17, 15) is 0 Å². The van der Waals surface area contributed by atoms with Gasteiger partial charge in [0.25, 0.3) is 0 Å². The predicted octanol–water partition coefficient (Wildman–Crippen LogP) is 5.05. The number of nitrogens with zero attached hydrogens (tertiary/aromatic N) is 4. The summed E-state index contributed by atoms with van der Waals surface area (Å²) >= 11 is 0. The van der Waals surface area contributed by atoms with Crippen LogP contribution in [0.15, 0.2) is 97.3 Å². The minimum atomic E-state index is 0.431. The molecule has 2 aromatic heterocycles. The van der Waals surface area contributed by atoms with Crippen LogP contribution in [0.3, 0.4) is 0 Å². The molecule has 0 aliphatic carbocycles. The van der Waals surface area contributed by atoms with Gasteiger partial charge < -0.3 is 9.47 Å². The first kappa shape index (κ1) is 21.3. The van der Waals surface area contributed by atoms with Crippen molar-refractivity contribution in [3.63, 3.8) is 0 Å². The van der Waals surface area contributed by atoms with Gasteiger partial charge in [0.2, 0.25) is 0 Å². The number of nitrogens with one attached hydrogen (secondary N) is 1. The highest BCUT2D eigenvalue weighted by molar-refractivity contribution is 5.78. The van der Waals surface area contributed by atoms with Gasteiger partial charge in [0, 0.05) is 11.8 Å². The molecule has 0 fully saturated rings. The SMILES string of the molecule is C(=C\Oc1ccc(Cc2cccc(OCc3ccc4ccccc4n3)c2)cc1)/Cc1nn[nH]n1. The van der Waals surface area contributed by atoms with Gasteiger partial charge in [-0.05, 0) is 60.0 Å². The molecule has 3 aromatic carbocycles. The summed E-state index contributed by atoms with van der Waals surface area (Å²) in [5, 5.41) is 14.9. The largest absolute Gasteiger partial charge is 0.487 e. The quantitative estimate of drug-likeness (QED) is 0.317. The Morgan fingerprint density at radius 1 is 0.824 bits per heavy atom. The summed E-state index contributed by atoms with van der Waals surface area (Å²) in [5.74, 6) is 2.22. The first-order chi connectivity index (χ1) is 16.8. The van der Waals surface area contributed by atoms with E-state index in [0.29, 0.717) is 18.9 Å². The Morgan fingerprint density at radius 2 is 1.74 bits per heavy atom. The van der Waals surface area contributed by atoms with Crippen LogP contribution >= 0.6 is 0 Å². The van der Waals surface area contributed by atoms with Crippen molar-refractivity contribution in [3.05, 3.63) is 120 Å². The summed E-state index contributed by atoms with van der Waals surface area (Å²) in [6, 6.07) is 28.4. The van der Waals surface area contributed by atoms with E-state index < -0.39 is 0 Å². The fraction of sp³-hybridized carbons (Fsp3) is 0.111. The summed E-state index contributed by atoms with van der Waals surface area (Å²) in [6.07, 6.45) is 4.84. The van der Waals surface area contributed by atoms with Gasteiger partial charge in [-0.25, -0.2) is 4.98 Å². The Kier molecular flexibility index (Phi) is 6.52. The van der Waals surface area contributed by atoms with Crippen molar-refractivity contribution in [1.82, 2.24) is 25.6 Å². The van der Waals surface area contributed by atoms with Gasteiger partial charge in [0.15, 0.2) is 5.82 Å². The number of aromatic nitrogens is 5. The lowest BCUT2D eigenvalue weighted by Gasteiger charge is -2.09. The highest BCUT2D eigenvalue weighted by Gasteiger charge is 2.03. The van der Waals surface area contributed by atoms with Crippen molar-refractivity contribution in [2.75, 3.05) is 0 Å². The van der Waals surface area contributed by atoms with Gasteiger partial charge in [-0.2, -0.15) is 5.21 Å². The lowest BCUT2D eigenvalue weighted by molar-refractivity contribution is 0.301. The van der Waals surface area contributed by atoms with Crippen LogP contribution in [0.5, 0.6) is 11.5 Å². The molecule has 0 aliphatic heterocycles. The van der Waals surface area contributed by atoms with Crippen LogP contribution in [0.25, 0.3) is 10.9 Å². The van der Waals surface area contributed by atoms with Crippen LogP contribution in [0.1, 0.15) is 22.6 Å². The van der Waals surface area contributed by atoms with E-state index in [4.69, 9.17) is 9.47 Å². The van der Waals surface area contributed by atoms with E-state index >= 15 is 0 Å². The number of allylic oxidation sites excluding steroid dienone is 1. The van der Waals surface area contributed by atoms with Crippen molar-refractivity contribution in [1.29, 1.82) is 0 Å². The Balaban J connectivity index is 1.15. The number of ether oxygens (including phenoxy) is 2. The number of aromatic amines is 1. The summed E-state index contributed by atoms with van der Waals surface area (Å²) < 4.78 is 11.7. The number of hydrogen-bond acceptors (Lipinski definition) is 6. The van der Waals surface area contributed by atoms with Crippen molar-refractivity contribution in [3.8, 4) is 11.5 Å². The lowest BCUT2D eigenvalue weighted by atomic mass is 10.0. The third-order valence-corrected chi connectivity index (χ3v) is 5.26. The minimum absolute atomic E-state index is 0.431. The zero-order valence-electron chi connectivity index (χ0n) is 18.5. The maximum absolute atomic E-state index is 6.02. The van der Waals surface area contributed by atoms with Crippen LogP contribution in [0.4, 0.5) is 0 Å². The molecule has 0 saturated heterocycles.